The van der Waals surface area contributed by atoms with Gasteiger partial charge in [0.1, 0.15) is 0 Å². The summed E-state index contributed by atoms with van der Waals surface area (Å²) in [6.07, 6.45) is 1.14. The van der Waals surface area contributed by atoms with E-state index in [4.69, 9.17) is 0 Å². The van der Waals surface area contributed by atoms with E-state index >= 15 is 0 Å². The standard InChI is InChI=1S/C14H18BrN3S/c1-4-5-16-7-12-9(2)17-14(18-10(12)3)13-6-11(15)8-19-13/h6,8,16H,4-5,7H2,1-3H3. The fraction of sp³-hybridized carbons (Fsp3) is 0.429. The molecule has 102 valence electrons. The largest absolute Gasteiger partial charge is 0.313 e. The van der Waals surface area contributed by atoms with Gasteiger partial charge in [0.05, 0.1) is 4.88 Å². The van der Waals surface area contributed by atoms with Crippen molar-refractivity contribution in [2.75, 3.05) is 6.54 Å². The lowest BCUT2D eigenvalue weighted by Gasteiger charge is -2.10. The van der Waals surface area contributed by atoms with Crippen LogP contribution in [0.1, 0.15) is 30.3 Å². The quantitative estimate of drug-likeness (QED) is 0.834. The van der Waals surface area contributed by atoms with Crippen LogP contribution in [0.2, 0.25) is 0 Å². The molecule has 0 aliphatic rings. The molecule has 0 spiro atoms. The summed E-state index contributed by atoms with van der Waals surface area (Å²) in [5.74, 6) is 0.824. The van der Waals surface area contributed by atoms with Gasteiger partial charge in [-0.3, -0.25) is 0 Å². The lowest BCUT2D eigenvalue weighted by molar-refractivity contribution is 0.665. The van der Waals surface area contributed by atoms with Crippen LogP contribution in [0.3, 0.4) is 0 Å². The molecule has 1 N–H and O–H groups in total. The smallest absolute Gasteiger partial charge is 0.169 e. The van der Waals surface area contributed by atoms with E-state index in [9.17, 15) is 0 Å². The molecule has 2 aromatic rings. The van der Waals surface area contributed by atoms with Gasteiger partial charge in [0.25, 0.3) is 0 Å². The number of nitrogens with zero attached hydrogens (tertiary/aromatic N) is 2. The van der Waals surface area contributed by atoms with Crippen LogP contribution in [0.25, 0.3) is 10.7 Å². The molecule has 0 aromatic carbocycles. The second-order valence-corrected chi connectivity index (χ2v) is 6.33. The van der Waals surface area contributed by atoms with Gasteiger partial charge in [-0.1, -0.05) is 6.92 Å². The third kappa shape index (κ3) is 3.61. The lowest BCUT2D eigenvalue weighted by Crippen LogP contribution is -2.17. The second kappa shape index (κ2) is 6.59. The molecule has 0 radical (unpaired) electrons. The van der Waals surface area contributed by atoms with Crippen LogP contribution >= 0.6 is 27.3 Å². The summed E-state index contributed by atoms with van der Waals surface area (Å²) in [7, 11) is 0. The summed E-state index contributed by atoms with van der Waals surface area (Å²) in [6, 6.07) is 2.06. The molecular weight excluding hydrogens is 322 g/mol. The van der Waals surface area contributed by atoms with Crippen molar-refractivity contribution in [3.8, 4) is 10.7 Å². The first-order valence-corrected chi connectivity index (χ1v) is 8.08. The van der Waals surface area contributed by atoms with Gasteiger partial charge in [-0.2, -0.15) is 0 Å². The summed E-state index contributed by atoms with van der Waals surface area (Å²) in [5.41, 5.74) is 3.35. The Hall–Kier alpha value is -0.780. The molecule has 0 atom stereocenters. The molecule has 0 aliphatic carbocycles. The van der Waals surface area contributed by atoms with Crippen LogP contribution < -0.4 is 5.32 Å². The zero-order valence-electron chi connectivity index (χ0n) is 11.5. The first-order valence-electron chi connectivity index (χ1n) is 6.41. The van der Waals surface area contributed by atoms with Gasteiger partial charge in [-0.25, -0.2) is 9.97 Å². The van der Waals surface area contributed by atoms with Crippen LogP contribution in [0.5, 0.6) is 0 Å². The fourth-order valence-corrected chi connectivity index (χ4v) is 3.29. The highest BCUT2D eigenvalue weighted by molar-refractivity contribution is 9.10. The maximum absolute atomic E-state index is 4.63. The summed E-state index contributed by atoms with van der Waals surface area (Å²) in [6.45, 7) is 8.16. The van der Waals surface area contributed by atoms with Gasteiger partial charge in [-0.15, -0.1) is 11.3 Å². The van der Waals surface area contributed by atoms with Crippen molar-refractivity contribution < 1.29 is 0 Å². The number of thiophene rings is 1. The fourth-order valence-electron chi connectivity index (χ4n) is 1.93. The number of nitrogens with one attached hydrogen (secondary N) is 1. The van der Waals surface area contributed by atoms with Crippen molar-refractivity contribution >= 4 is 27.3 Å². The SMILES string of the molecule is CCCNCc1c(C)nc(-c2cc(Br)cs2)nc1C. The maximum atomic E-state index is 4.63. The van der Waals surface area contributed by atoms with Gasteiger partial charge < -0.3 is 5.32 Å². The van der Waals surface area contributed by atoms with Gasteiger partial charge in [0.15, 0.2) is 5.82 Å². The molecule has 2 heterocycles. The first kappa shape index (κ1) is 14.6. The number of aromatic nitrogens is 2. The molecule has 0 amide bonds. The van der Waals surface area contributed by atoms with E-state index in [1.54, 1.807) is 11.3 Å². The highest BCUT2D eigenvalue weighted by atomic mass is 79.9. The molecule has 0 saturated carbocycles. The van der Waals surface area contributed by atoms with Crippen molar-refractivity contribution in [2.45, 2.75) is 33.7 Å². The van der Waals surface area contributed by atoms with E-state index in [1.807, 2.05) is 0 Å². The number of rotatable bonds is 5. The maximum Gasteiger partial charge on any atom is 0.169 e. The molecule has 5 heteroatoms. The minimum atomic E-state index is 0.824. The molecule has 0 unspecified atom stereocenters. The van der Waals surface area contributed by atoms with E-state index in [-0.39, 0.29) is 0 Å². The van der Waals surface area contributed by atoms with E-state index in [1.165, 1.54) is 5.56 Å². The van der Waals surface area contributed by atoms with Crippen molar-refractivity contribution in [1.82, 2.24) is 15.3 Å². The molecule has 3 nitrogen and oxygen atoms in total. The Bertz CT molecular complexity index is 543. The van der Waals surface area contributed by atoms with Gasteiger partial charge >= 0.3 is 0 Å². The van der Waals surface area contributed by atoms with Gasteiger partial charge in [0, 0.05) is 33.3 Å². The highest BCUT2D eigenvalue weighted by Gasteiger charge is 2.11. The molecule has 0 saturated heterocycles. The Morgan fingerprint density at radius 3 is 2.47 bits per heavy atom. The Kier molecular flexibility index (Phi) is 5.07. The minimum absolute atomic E-state index is 0.824. The molecule has 2 aromatic heterocycles. The van der Waals surface area contributed by atoms with E-state index < -0.39 is 0 Å². The predicted molar refractivity (Wildman–Crippen MR) is 84.5 cm³/mol. The van der Waals surface area contributed by atoms with Crippen molar-refractivity contribution in [2.24, 2.45) is 0 Å². The van der Waals surface area contributed by atoms with Crippen molar-refractivity contribution in [3.63, 3.8) is 0 Å². The Morgan fingerprint density at radius 2 is 1.95 bits per heavy atom. The van der Waals surface area contributed by atoms with Gasteiger partial charge in [-0.05, 0) is 48.8 Å². The minimum Gasteiger partial charge on any atom is -0.313 e. The monoisotopic (exact) mass is 339 g/mol. The Balaban J connectivity index is 2.26. The normalized spacial score (nSPS) is 10.9. The van der Waals surface area contributed by atoms with Crippen LogP contribution in [-0.2, 0) is 6.54 Å². The average molecular weight is 340 g/mol. The first-order chi connectivity index (χ1) is 9.11. The Morgan fingerprint density at radius 1 is 1.26 bits per heavy atom. The zero-order valence-corrected chi connectivity index (χ0v) is 13.9. The third-order valence-corrected chi connectivity index (χ3v) is 4.62. The predicted octanol–water partition coefficient (Wildman–Crippen LogP) is 4.08. The summed E-state index contributed by atoms with van der Waals surface area (Å²) in [4.78, 5) is 10.4. The summed E-state index contributed by atoms with van der Waals surface area (Å²) >= 11 is 5.13. The topological polar surface area (TPSA) is 37.8 Å². The zero-order chi connectivity index (χ0) is 13.8. The van der Waals surface area contributed by atoms with Crippen LogP contribution in [0.4, 0.5) is 0 Å². The lowest BCUT2D eigenvalue weighted by atomic mass is 10.1. The number of hydrogen-bond donors (Lipinski definition) is 1. The number of hydrogen-bond acceptors (Lipinski definition) is 4. The van der Waals surface area contributed by atoms with Crippen molar-refractivity contribution in [3.05, 3.63) is 32.9 Å². The van der Waals surface area contributed by atoms with Crippen LogP contribution in [-0.4, -0.2) is 16.5 Å². The molecule has 0 fully saturated rings. The number of halogens is 1. The molecule has 19 heavy (non-hydrogen) atoms. The van der Waals surface area contributed by atoms with E-state index in [2.05, 4.69) is 63.4 Å². The van der Waals surface area contributed by atoms with E-state index in [0.717, 1.165) is 46.1 Å². The van der Waals surface area contributed by atoms with Crippen molar-refractivity contribution in [1.29, 1.82) is 0 Å². The van der Waals surface area contributed by atoms with Gasteiger partial charge in [0.2, 0.25) is 0 Å². The number of aryl methyl sites for hydroxylation is 2. The van der Waals surface area contributed by atoms with Crippen LogP contribution in [0.15, 0.2) is 15.9 Å². The third-order valence-electron chi connectivity index (χ3n) is 2.94. The highest BCUT2D eigenvalue weighted by Crippen LogP contribution is 2.28. The molecular formula is C14H18BrN3S. The average Bonchev–Trinajstić information content (AvgIpc) is 2.79. The summed E-state index contributed by atoms with van der Waals surface area (Å²) in [5, 5.41) is 5.47. The van der Waals surface area contributed by atoms with E-state index in [0.29, 0.717) is 0 Å². The molecule has 2 rings (SSSR count). The van der Waals surface area contributed by atoms with Crippen LogP contribution in [0, 0.1) is 13.8 Å². The second-order valence-electron chi connectivity index (χ2n) is 4.50. The summed E-state index contributed by atoms with van der Waals surface area (Å²) < 4.78 is 1.08. The molecule has 0 aliphatic heterocycles. The Labute approximate surface area is 126 Å². The molecule has 0 bridgehead atoms.